The van der Waals surface area contributed by atoms with Gasteiger partial charge in [-0.05, 0) is 48.9 Å². The number of rotatable bonds is 9. The summed E-state index contributed by atoms with van der Waals surface area (Å²) in [6.45, 7) is 2.11. The SMILES string of the molecule is COCCNS(=O)(=O)c1ccc(C(=O)Nc2ccc(C)c(NS(C)(=O)=O)c2)cc1. The summed E-state index contributed by atoms with van der Waals surface area (Å²) in [5.41, 5.74) is 1.70. The Kier molecular flexibility index (Phi) is 7.36. The summed E-state index contributed by atoms with van der Waals surface area (Å²) in [5, 5.41) is 2.66. The molecule has 0 saturated carbocycles. The van der Waals surface area contributed by atoms with Crippen LogP contribution in [0.1, 0.15) is 15.9 Å². The van der Waals surface area contributed by atoms with E-state index in [1.807, 2.05) is 0 Å². The molecule has 11 heteroatoms. The van der Waals surface area contributed by atoms with Gasteiger partial charge in [-0.15, -0.1) is 0 Å². The number of aryl methyl sites for hydroxylation is 1. The van der Waals surface area contributed by atoms with Crippen LogP contribution in [-0.2, 0) is 24.8 Å². The van der Waals surface area contributed by atoms with Crippen LogP contribution in [0.2, 0.25) is 0 Å². The van der Waals surface area contributed by atoms with Crippen LogP contribution in [-0.4, -0.2) is 49.3 Å². The van der Waals surface area contributed by atoms with Crippen molar-refractivity contribution in [1.82, 2.24) is 4.72 Å². The van der Waals surface area contributed by atoms with Crippen LogP contribution < -0.4 is 14.8 Å². The zero-order valence-electron chi connectivity index (χ0n) is 16.2. The maximum absolute atomic E-state index is 12.4. The van der Waals surface area contributed by atoms with Crippen LogP contribution in [0, 0.1) is 6.92 Å². The van der Waals surface area contributed by atoms with Crippen LogP contribution in [0.3, 0.4) is 0 Å². The molecule has 0 saturated heterocycles. The number of nitrogens with one attached hydrogen (secondary N) is 3. The standard InChI is InChI=1S/C18H23N3O6S2/c1-13-4-7-15(12-17(13)21-28(3,23)24)20-18(22)14-5-8-16(9-6-14)29(25,26)19-10-11-27-2/h4-9,12,19,21H,10-11H2,1-3H3,(H,20,22). The zero-order valence-corrected chi connectivity index (χ0v) is 17.9. The Bertz CT molecular complexity index is 1080. The molecular formula is C18H23N3O6S2. The molecule has 3 N–H and O–H groups in total. The van der Waals surface area contributed by atoms with E-state index in [9.17, 15) is 21.6 Å². The van der Waals surface area contributed by atoms with Gasteiger partial charge in [0.25, 0.3) is 5.91 Å². The smallest absolute Gasteiger partial charge is 0.255 e. The molecule has 0 bridgehead atoms. The Morgan fingerprint density at radius 3 is 2.28 bits per heavy atom. The van der Waals surface area contributed by atoms with Crippen molar-refractivity contribution in [2.75, 3.05) is 36.6 Å². The molecular weight excluding hydrogens is 418 g/mol. The number of anilines is 2. The Morgan fingerprint density at radius 1 is 1.03 bits per heavy atom. The average Bonchev–Trinajstić information content (AvgIpc) is 2.63. The highest BCUT2D eigenvalue weighted by molar-refractivity contribution is 7.92. The molecule has 0 heterocycles. The fourth-order valence-electron chi connectivity index (χ4n) is 2.36. The molecule has 0 spiro atoms. The quantitative estimate of drug-likeness (QED) is 0.506. The first-order valence-corrected chi connectivity index (χ1v) is 11.9. The van der Waals surface area contributed by atoms with Crippen molar-refractivity contribution in [2.45, 2.75) is 11.8 Å². The minimum atomic E-state index is -3.69. The molecule has 9 nitrogen and oxygen atoms in total. The molecule has 0 aliphatic carbocycles. The fraction of sp³-hybridized carbons (Fsp3) is 0.278. The first-order valence-electron chi connectivity index (χ1n) is 8.50. The van der Waals surface area contributed by atoms with E-state index in [0.29, 0.717) is 16.9 Å². The van der Waals surface area contributed by atoms with Crippen molar-refractivity contribution in [3.8, 4) is 0 Å². The van der Waals surface area contributed by atoms with Gasteiger partial charge in [0.2, 0.25) is 20.0 Å². The van der Waals surface area contributed by atoms with Crippen molar-refractivity contribution >= 4 is 37.3 Å². The van der Waals surface area contributed by atoms with Gasteiger partial charge in [0.1, 0.15) is 0 Å². The van der Waals surface area contributed by atoms with Crippen molar-refractivity contribution < 1.29 is 26.4 Å². The molecule has 2 rings (SSSR count). The maximum atomic E-state index is 12.4. The number of methoxy groups -OCH3 is 1. The van der Waals surface area contributed by atoms with Gasteiger partial charge in [-0.3, -0.25) is 9.52 Å². The molecule has 0 fully saturated rings. The zero-order chi connectivity index (χ0) is 21.7. The van der Waals surface area contributed by atoms with Crippen LogP contribution in [0.15, 0.2) is 47.4 Å². The third kappa shape index (κ3) is 6.82. The van der Waals surface area contributed by atoms with Crippen LogP contribution >= 0.6 is 0 Å². The Morgan fingerprint density at radius 2 is 1.69 bits per heavy atom. The summed E-state index contributed by atoms with van der Waals surface area (Å²) in [5.74, 6) is -0.463. The van der Waals surface area contributed by atoms with Crippen LogP contribution in [0.5, 0.6) is 0 Å². The van der Waals surface area contributed by atoms with E-state index >= 15 is 0 Å². The third-order valence-electron chi connectivity index (χ3n) is 3.82. The first kappa shape index (κ1) is 22.8. The highest BCUT2D eigenvalue weighted by atomic mass is 32.2. The molecule has 29 heavy (non-hydrogen) atoms. The van der Waals surface area contributed by atoms with Gasteiger partial charge >= 0.3 is 0 Å². The lowest BCUT2D eigenvalue weighted by atomic mass is 10.1. The van der Waals surface area contributed by atoms with Gasteiger partial charge in [0.05, 0.1) is 23.4 Å². The largest absolute Gasteiger partial charge is 0.383 e. The summed E-state index contributed by atoms with van der Waals surface area (Å²) in [7, 11) is -5.68. The highest BCUT2D eigenvalue weighted by Crippen LogP contribution is 2.22. The van der Waals surface area contributed by atoms with Crippen molar-refractivity contribution in [3.05, 3.63) is 53.6 Å². The summed E-state index contributed by atoms with van der Waals surface area (Å²) in [4.78, 5) is 12.5. The number of benzene rings is 2. The first-order chi connectivity index (χ1) is 13.5. The van der Waals surface area contributed by atoms with Crippen LogP contribution in [0.25, 0.3) is 0 Å². The number of sulfonamides is 2. The molecule has 0 radical (unpaired) electrons. The average molecular weight is 442 g/mol. The van der Waals surface area contributed by atoms with Crippen molar-refractivity contribution in [3.63, 3.8) is 0 Å². The molecule has 158 valence electrons. The molecule has 2 aromatic carbocycles. The number of hydrogen-bond donors (Lipinski definition) is 3. The second-order valence-corrected chi connectivity index (χ2v) is 9.79. The minimum absolute atomic E-state index is 0.0279. The van der Waals surface area contributed by atoms with E-state index in [-0.39, 0.29) is 23.6 Å². The molecule has 0 aliphatic rings. The van der Waals surface area contributed by atoms with E-state index in [4.69, 9.17) is 4.74 Å². The normalized spacial score (nSPS) is 11.8. The minimum Gasteiger partial charge on any atom is -0.383 e. The van der Waals surface area contributed by atoms with E-state index in [0.717, 1.165) is 6.26 Å². The van der Waals surface area contributed by atoms with Gasteiger partial charge in [-0.1, -0.05) is 6.07 Å². The number of carbonyl (C=O) groups is 1. The van der Waals surface area contributed by atoms with Crippen molar-refractivity contribution in [2.24, 2.45) is 0 Å². The van der Waals surface area contributed by atoms with E-state index in [1.54, 1.807) is 19.1 Å². The summed E-state index contributed by atoms with van der Waals surface area (Å²) >= 11 is 0. The second kappa shape index (κ2) is 9.35. The van der Waals surface area contributed by atoms with Gasteiger partial charge in [-0.25, -0.2) is 21.6 Å². The van der Waals surface area contributed by atoms with E-state index in [2.05, 4.69) is 14.8 Å². The molecule has 0 aromatic heterocycles. The van der Waals surface area contributed by atoms with E-state index < -0.39 is 26.0 Å². The Labute approximate surface area is 170 Å². The molecule has 2 aromatic rings. The number of amides is 1. The number of hydrogen-bond acceptors (Lipinski definition) is 6. The van der Waals surface area contributed by atoms with Gasteiger partial charge in [-0.2, -0.15) is 0 Å². The highest BCUT2D eigenvalue weighted by Gasteiger charge is 2.15. The second-order valence-electron chi connectivity index (χ2n) is 6.27. The van der Waals surface area contributed by atoms with E-state index in [1.165, 1.54) is 37.4 Å². The van der Waals surface area contributed by atoms with Crippen molar-refractivity contribution in [1.29, 1.82) is 0 Å². The predicted molar refractivity (Wildman–Crippen MR) is 111 cm³/mol. The van der Waals surface area contributed by atoms with Crippen LogP contribution in [0.4, 0.5) is 11.4 Å². The Balaban J connectivity index is 2.13. The summed E-state index contributed by atoms with van der Waals surface area (Å²) in [6, 6.07) is 10.3. The lowest BCUT2D eigenvalue weighted by Gasteiger charge is -2.11. The maximum Gasteiger partial charge on any atom is 0.255 e. The fourth-order valence-corrected chi connectivity index (χ4v) is 3.99. The number of carbonyl (C=O) groups excluding carboxylic acids is 1. The third-order valence-corrected chi connectivity index (χ3v) is 5.88. The summed E-state index contributed by atoms with van der Waals surface area (Å²) < 4.78 is 56.7. The molecule has 0 atom stereocenters. The topological polar surface area (TPSA) is 131 Å². The molecule has 1 amide bonds. The lowest BCUT2D eigenvalue weighted by molar-refractivity contribution is 0.102. The van der Waals surface area contributed by atoms with Gasteiger partial charge in [0, 0.05) is 24.9 Å². The molecule has 0 unspecified atom stereocenters. The van der Waals surface area contributed by atoms with Gasteiger partial charge < -0.3 is 10.1 Å². The van der Waals surface area contributed by atoms with Gasteiger partial charge in [0.15, 0.2) is 0 Å². The monoisotopic (exact) mass is 441 g/mol. The lowest BCUT2D eigenvalue weighted by Crippen LogP contribution is -2.27. The predicted octanol–water partition coefficient (Wildman–Crippen LogP) is 1.54. The Hall–Kier alpha value is -2.47. The molecule has 0 aliphatic heterocycles. The summed E-state index contributed by atoms with van der Waals surface area (Å²) in [6.07, 6.45) is 1.04. The number of ether oxygens (including phenoxy) is 1.